The summed E-state index contributed by atoms with van der Waals surface area (Å²) in [7, 11) is 0. The Morgan fingerprint density at radius 1 is 1.35 bits per heavy atom. The third-order valence-electron chi connectivity index (χ3n) is 4.50. The molecule has 0 saturated carbocycles. The molecule has 3 nitrogen and oxygen atoms in total. The molecule has 2 N–H and O–H groups in total. The van der Waals surface area contributed by atoms with Gasteiger partial charge in [-0.15, -0.1) is 0 Å². The van der Waals surface area contributed by atoms with Crippen LogP contribution in [0.25, 0.3) is 0 Å². The maximum absolute atomic E-state index is 5.53. The first-order chi connectivity index (χ1) is 9.81. The van der Waals surface area contributed by atoms with Gasteiger partial charge in [0.25, 0.3) is 0 Å². The Bertz CT molecular complexity index is 429. The fourth-order valence-corrected chi connectivity index (χ4v) is 3.51. The van der Waals surface area contributed by atoms with Crippen LogP contribution in [0.2, 0.25) is 0 Å². The van der Waals surface area contributed by atoms with E-state index in [1.807, 2.05) is 0 Å². The third-order valence-corrected chi connectivity index (χ3v) is 4.50. The highest BCUT2D eigenvalue weighted by atomic mass is 16.5. The molecule has 0 aromatic heterocycles. The Labute approximate surface area is 122 Å². The molecule has 0 spiro atoms. The minimum absolute atomic E-state index is 0.516. The van der Waals surface area contributed by atoms with Crippen molar-refractivity contribution in [3.63, 3.8) is 0 Å². The molecule has 1 fully saturated rings. The average molecular weight is 274 g/mol. The van der Waals surface area contributed by atoms with Crippen molar-refractivity contribution in [3.8, 4) is 0 Å². The molecule has 1 aromatic carbocycles. The summed E-state index contributed by atoms with van der Waals surface area (Å²) >= 11 is 0. The molecule has 0 bridgehead atoms. The summed E-state index contributed by atoms with van der Waals surface area (Å²) in [6.45, 7) is 5.02. The predicted octanol–water partition coefficient (Wildman–Crippen LogP) is 1.90. The lowest BCUT2D eigenvalue weighted by Crippen LogP contribution is -2.47. The van der Waals surface area contributed by atoms with Gasteiger partial charge in [0.1, 0.15) is 0 Å². The van der Waals surface area contributed by atoms with Crippen LogP contribution in [0.3, 0.4) is 0 Å². The summed E-state index contributed by atoms with van der Waals surface area (Å²) in [5.74, 6) is 0. The van der Waals surface area contributed by atoms with Crippen molar-refractivity contribution in [2.45, 2.75) is 50.7 Å². The lowest BCUT2D eigenvalue weighted by molar-refractivity contribution is 0.0706. The van der Waals surface area contributed by atoms with Crippen LogP contribution < -0.4 is 10.6 Å². The molecule has 1 aliphatic carbocycles. The van der Waals surface area contributed by atoms with Gasteiger partial charge >= 0.3 is 0 Å². The molecule has 2 aliphatic rings. The van der Waals surface area contributed by atoms with E-state index < -0.39 is 0 Å². The largest absolute Gasteiger partial charge is 0.379 e. The molecule has 3 atom stereocenters. The quantitative estimate of drug-likeness (QED) is 0.880. The molecule has 3 rings (SSSR count). The summed E-state index contributed by atoms with van der Waals surface area (Å²) in [5, 5.41) is 7.35. The minimum atomic E-state index is 0.516. The van der Waals surface area contributed by atoms with Gasteiger partial charge in [-0.05, 0) is 43.7 Å². The van der Waals surface area contributed by atoms with Crippen LogP contribution in [0.1, 0.15) is 30.9 Å². The second-order valence-corrected chi connectivity index (χ2v) is 6.24. The zero-order chi connectivity index (χ0) is 13.8. The topological polar surface area (TPSA) is 33.3 Å². The zero-order valence-electron chi connectivity index (χ0n) is 12.4. The summed E-state index contributed by atoms with van der Waals surface area (Å²) in [4.78, 5) is 0. The number of hydrogen-bond acceptors (Lipinski definition) is 3. The Kier molecular flexibility index (Phi) is 4.71. The first-order valence-corrected chi connectivity index (χ1v) is 7.95. The van der Waals surface area contributed by atoms with Crippen LogP contribution in [-0.4, -0.2) is 37.9 Å². The monoisotopic (exact) mass is 274 g/mol. The smallest absolute Gasteiger partial charge is 0.0620 e. The second-order valence-electron chi connectivity index (χ2n) is 6.24. The molecule has 20 heavy (non-hydrogen) atoms. The number of rotatable bonds is 4. The lowest BCUT2D eigenvalue weighted by atomic mass is 9.88. The van der Waals surface area contributed by atoms with Crippen LogP contribution >= 0.6 is 0 Å². The Balaban J connectivity index is 1.48. The molecule has 110 valence electrons. The summed E-state index contributed by atoms with van der Waals surface area (Å²) < 4.78 is 5.53. The van der Waals surface area contributed by atoms with E-state index >= 15 is 0 Å². The van der Waals surface area contributed by atoms with Gasteiger partial charge in [0, 0.05) is 24.7 Å². The number of benzene rings is 1. The van der Waals surface area contributed by atoms with Gasteiger partial charge in [-0.2, -0.15) is 0 Å². The number of fused-ring (bicyclic) bond motifs is 1. The number of aryl methyl sites for hydroxylation is 1. The van der Waals surface area contributed by atoms with Crippen molar-refractivity contribution in [1.82, 2.24) is 10.6 Å². The fourth-order valence-electron chi connectivity index (χ4n) is 3.51. The van der Waals surface area contributed by atoms with E-state index in [2.05, 4.69) is 41.8 Å². The highest BCUT2D eigenvalue weighted by Gasteiger charge is 2.21. The molecular weight excluding hydrogens is 248 g/mol. The molecular formula is C17H26N2O. The van der Waals surface area contributed by atoms with E-state index in [1.165, 1.54) is 24.8 Å². The summed E-state index contributed by atoms with van der Waals surface area (Å²) in [5.41, 5.74) is 3.07. The van der Waals surface area contributed by atoms with Crippen LogP contribution in [0.5, 0.6) is 0 Å². The van der Waals surface area contributed by atoms with Crippen molar-refractivity contribution < 1.29 is 4.74 Å². The highest BCUT2D eigenvalue weighted by molar-refractivity contribution is 5.30. The molecule has 0 radical (unpaired) electrons. The number of hydrogen-bond donors (Lipinski definition) is 2. The maximum atomic E-state index is 5.53. The molecule has 1 aromatic rings. The first kappa shape index (κ1) is 14.1. The van der Waals surface area contributed by atoms with Crippen molar-refractivity contribution in [2.75, 3.05) is 19.8 Å². The molecule has 1 saturated heterocycles. The molecule has 0 amide bonds. The third kappa shape index (κ3) is 3.60. The Morgan fingerprint density at radius 3 is 3.00 bits per heavy atom. The average Bonchev–Trinajstić information content (AvgIpc) is 2.48. The normalized spacial score (nSPS) is 27.9. The van der Waals surface area contributed by atoms with Gasteiger partial charge in [0.15, 0.2) is 0 Å². The van der Waals surface area contributed by atoms with Crippen LogP contribution in [0.15, 0.2) is 24.3 Å². The van der Waals surface area contributed by atoms with E-state index in [0.717, 1.165) is 26.2 Å². The highest BCUT2D eigenvalue weighted by Crippen LogP contribution is 2.21. The second kappa shape index (κ2) is 6.70. The predicted molar refractivity (Wildman–Crippen MR) is 82.1 cm³/mol. The van der Waals surface area contributed by atoms with Crippen molar-refractivity contribution >= 4 is 0 Å². The van der Waals surface area contributed by atoms with Gasteiger partial charge in [-0.1, -0.05) is 24.3 Å². The van der Waals surface area contributed by atoms with Gasteiger partial charge in [0.05, 0.1) is 13.2 Å². The van der Waals surface area contributed by atoms with Crippen LogP contribution in [0, 0.1) is 0 Å². The van der Waals surface area contributed by atoms with Gasteiger partial charge in [0.2, 0.25) is 0 Å². The minimum Gasteiger partial charge on any atom is -0.379 e. The van der Waals surface area contributed by atoms with Gasteiger partial charge in [-0.25, -0.2) is 0 Å². The molecule has 3 heteroatoms. The van der Waals surface area contributed by atoms with E-state index in [0.29, 0.717) is 18.1 Å². The van der Waals surface area contributed by atoms with Crippen molar-refractivity contribution in [3.05, 3.63) is 35.4 Å². The Hall–Kier alpha value is -0.900. The summed E-state index contributed by atoms with van der Waals surface area (Å²) in [6, 6.07) is 10.6. The number of nitrogens with one attached hydrogen (secondary N) is 2. The molecule has 1 aliphatic heterocycles. The van der Waals surface area contributed by atoms with E-state index in [1.54, 1.807) is 5.56 Å². The van der Waals surface area contributed by atoms with Crippen LogP contribution in [0.4, 0.5) is 0 Å². The zero-order valence-corrected chi connectivity index (χ0v) is 12.4. The number of morpholine rings is 1. The first-order valence-electron chi connectivity index (χ1n) is 7.95. The van der Waals surface area contributed by atoms with Crippen LogP contribution in [-0.2, 0) is 17.6 Å². The Morgan fingerprint density at radius 2 is 2.20 bits per heavy atom. The maximum Gasteiger partial charge on any atom is 0.0620 e. The van der Waals surface area contributed by atoms with E-state index in [4.69, 9.17) is 4.74 Å². The van der Waals surface area contributed by atoms with Gasteiger partial charge in [-0.3, -0.25) is 0 Å². The lowest BCUT2D eigenvalue weighted by Gasteiger charge is -2.31. The SMILES string of the molecule is CC(CC1COCCN1)NC1CCc2ccccc2C1. The molecule has 3 unspecified atom stereocenters. The molecule has 1 heterocycles. The fraction of sp³-hybridized carbons (Fsp3) is 0.647. The van der Waals surface area contributed by atoms with E-state index in [9.17, 15) is 0 Å². The number of ether oxygens (including phenoxy) is 1. The van der Waals surface area contributed by atoms with Crippen molar-refractivity contribution in [2.24, 2.45) is 0 Å². The summed E-state index contributed by atoms with van der Waals surface area (Å²) in [6.07, 6.45) is 4.80. The van der Waals surface area contributed by atoms with E-state index in [-0.39, 0.29) is 0 Å². The van der Waals surface area contributed by atoms with Crippen molar-refractivity contribution in [1.29, 1.82) is 0 Å². The van der Waals surface area contributed by atoms with Gasteiger partial charge < -0.3 is 15.4 Å². The standard InChI is InChI=1S/C17H26N2O/c1-13(10-17-12-20-9-8-18-17)19-16-7-6-14-4-2-3-5-15(14)11-16/h2-5,13,16-19H,6-12H2,1H3.